The maximum Gasteiger partial charge on any atom is 0.225 e. The molecule has 180 valence electrons. The number of carbonyl (C=O) groups is 2. The lowest BCUT2D eigenvalue weighted by Gasteiger charge is -2.32. The minimum atomic E-state index is -3.34. The highest BCUT2D eigenvalue weighted by atomic mass is 32.2. The van der Waals surface area contributed by atoms with Crippen molar-refractivity contribution in [3.05, 3.63) is 65.3 Å². The monoisotopic (exact) mass is 507 g/mol. The summed E-state index contributed by atoms with van der Waals surface area (Å²) in [5.41, 5.74) is 0.601. The van der Waals surface area contributed by atoms with E-state index in [9.17, 15) is 18.0 Å². The number of ketones is 1. The Morgan fingerprint density at radius 1 is 1.03 bits per heavy atom. The second-order valence-corrected chi connectivity index (χ2v) is 12.1. The van der Waals surface area contributed by atoms with Crippen molar-refractivity contribution in [2.75, 3.05) is 23.7 Å². The number of sulfone groups is 1. The Morgan fingerprint density at radius 3 is 2.54 bits per heavy atom. The number of benzene rings is 2. The van der Waals surface area contributed by atoms with Gasteiger partial charge in [-0.3, -0.25) is 9.59 Å². The first-order valence-corrected chi connectivity index (χ1v) is 14.1. The number of thioether (sulfide) groups is 1. The maximum absolute atomic E-state index is 12.9. The number of allylic oxidation sites excluding steroid dienone is 1. The van der Waals surface area contributed by atoms with Crippen LogP contribution < -0.4 is 4.90 Å². The van der Waals surface area contributed by atoms with Crippen LogP contribution in [0.3, 0.4) is 0 Å². The Labute approximate surface area is 208 Å². The molecule has 9 heteroatoms. The summed E-state index contributed by atoms with van der Waals surface area (Å²) in [6, 6.07) is 14.8. The van der Waals surface area contributed by atoms with Crippen LogP contribution in [0.15, 0.2) is 64.5 Å². The second kappa shape index (κ2) is 9.91. The van der Waals surface area contributed by atoms with Gasteiger partial charge in [-0.25, -0.2) is 18.4 Å². The van der Waals surface area contributed by atoms with E-state index >= 15 is 0 Å². The number of hydrogen-bond acceptors (Lipinski definition) is 8. The van der Waals surface area contributed by atoms with Crippen molar-refractivity contribution in [3.63, 3.8) is 0 Å². The van der Waals surface area contributed by atoms with E-state index in [0.717, 1.165) is 48.5 Å². The zero-order valence-corrected chi connectivity index (χ0v) is 20.7. The van der Waals surface area contributed by atoms with Crippen LogP contribution in [0.5, 0.6) is 0 Å². The van der Waals surface area contributed by atoms with E-state index in [1.165, 1.54) is 0 Å². The third kappa shape index (κ3) is 5.46. The van der Waals surface area contributed by atoms with Crippen LogP contribution in [0.2, 0.25) is 0 Å². The fourth-order valence-electron chi connectivity index (χ4n) is 4.49. The van der Waals surface area contributed by atoms with Crippen molar-refractivity contribution >= 4 is 55.3 Å². The molecule has 0 saturated carbocycles. The van der Waals surface area contributed by atoms with Gasteiger partial charge in [-0.15, -0.1) is 0 Å². The molecular weight excluding hydrogens is 482 g/mol. The van der Waals surface area contributed by atoms with E-state index in [1.54, 1.807) is 30.5 Å². The summed E-state index contributed by atoms with van der Waals surface area (Å²) in [6.07, 6.45) is 5.60. The average Bonchev–Trinajstić information content (AvgIpc) is 3.19. The van der Waals surface area contributed by atoms with Gasteiger partial charge in [0.1, 0.15) is 0 Å². The summed E-state index contributed by atoms with van der Waals surface area (Å²) in [5, 5.41) is 1.82. The highest BCUT2D eigenvalue weighted by molar-refractivity contribution is 8.18. The molecular formula is C26H25N3O4S2. The summed E-state index contributed by atoms with van der Waals surface area (Å²) in [7, 11) is -3.34. The molecule has 3 aromatic rings. The molecule has 2 fully saturated rings. The second-order valence-electron chi connectivity index (χ2n) is 8.91. The van der Waals surface area contributed by atoms with E-state index < -0.39 is 9.84 Å². The average molecular weight is 508 g/mol. The third-order valence-electron chi connectivity index (χ3n) is 6.52. The number of aromatic nitrogens is 2. The first-order valence-electron chi connectivity index (χ1n) is 11.6. The molecule has 0 amide bonds. The number of nitrogens with zero attached hydrogens (tertiary/aromatic N) is 3. The third-order valence-corrected chi connectivity index (χ3v) is 9.20. The molecule has 0 radical (unpaired) electrons. The van der Waals surface area contributed by atoms with E-state index in [0.29, 0.717) is 33.8 Å². The van der Waals surface area contributed by atoms with Crippen LogP contribution in [0, 0.1) is 5.92 Å². The summed E-state index contributed by atoms with van der Waals surface area (Å²) in [4.78, 5) is 35.2. The fourth-order valence-corrected chi connectivity index (χ4v) is 6.77. The van der Waals surface area contributed by atoms with Crippen LogP contribution in [0.25, 0.3) is 16.8 Å². The van der Waals surface area contributed by atoms with Crippen molar-refractivity contribution < 1.29 is 18.0 Å². The Kier molecular flexibility index (Phi) is 6.71. The van der Waals surface area contributed by atoms with E-state index in [1.807, 2.05) is 30.3 Å². The Morgan fingerprint density at radius 2 is 1.80 bits per heavy atom. The van der Waals surface area contributed by atoms with Gasteiger partial charge < -0.3 is 4.90 Å². The molecule has 0 spiro atoms. The van der Waals surface area contributed by atoms with Crippen molar-refractivity contribution in [2.24, 2.45) is 5.92 Å². The minimum absolute atomic E-state index is 0.0570. The predicted octanol–water partition coefficient (Wildman–Crippen LogP) is 4.28. The van der Waals surface area contributed by atoms with Crippen LogP contribution in [-0.2, 0) is 19.4 Å². The Bertz CT molecular complexity index is 1430. The zero-order valence-electron chi connectivity index (χ0n) is 19.1. The van der Waals surface area contributed by atoms with Gasteiger partial charge in [0.05, 0.1) is 27.7 Å². The molecule has 0 N–H and O–H groups in total. The maximum atomic E-state index is 12.9. The molecule has 0 bridgehead atoms. The molecule has 0 aliphatic carbocycles. The molecule has 0 unspecified atom stereocenters. The van der Waals surface area contributed by atoms with Crippen molar-refractivity contribution in [2.45, 2.75) is 30.6 Å². The number of Topliss-reactive ketones (excluding diaryl/α,β-unsaturated/α-hetero) is 1. The largest absolute Gasteiger partial charge is 0.341 e. The van der Waals surface area contributed by atoms with Gasteiger partial charge in [0.2, 0.25) is 11.1 Å². The highest BCUT2D eigenvalue weighted by Gasteiger charge is 2.27. The molecule has 2 aliphatic heterocycles. The summed E-state index contributed by atoms with van der Waals surface area (Å²) in [6.45, 7) is 1.49. The van der Waals surface area contributed by atoms with Gasteiger partial charge in [0, 0.05) is 19.3 Å². The Hall–Kier alpha value is -3.04. The summed E-state index contributed by atoms with van der Waals surface area (Å²) >= 11 is 0.966. The van der Waals surface area contributed by atoms with Gasteiger partial charge in [0.15, 0.2) is 15.6 Å². The lowest BCUT2D eigenvalue weighted by Crippen LogP contribution is -2.35. The first kappa shape index (κ1) is 23.7. The molecule has 3 heterocycles. The quantitative estimate of drug-likeness (QED) is 0.360. The van der Waals surface area contributed by atoms with Gasteiger partial charge in [-0.2, -0.15) is 0 Å². The molecule has 5 rings (SSSR count). The molecule has 2 aromatic carbocycles. The van der Waals surface area contributed by atoms with Crippen molar-refractivity contribution in [1.29, 1.82) is 0 Å². The SMILES string of the molecule is O=C1CC(=O)/C(=C/c2ccnc(N3CCC(CCS(=O)(=O)c4ccc5ccccc5c4)CC3)n2)S1. The number of piperidine rings is 1. The smallest absolute Gasteiger partial charge is 0.225 e. The number of carbonyl (C=O) groups excluding carboxylic acids is 2. The lowest BCUT2D eigenvalue weighted by atomic mass is 9.94. The molecule has 1 aromatic heterocycles. The number of rotatable bonds is 6. The Balaban J connectivity index is 1.18. The summed E-state index contributed by atoms with van der Waals surface area (Å²) in [5.74, 6) is 0.883. The van der Waals surface area contributed by atoms with Crippen LogP contribution in [0.1, 0.15) is 31.4 Å². The normalized spacial score (nSPS) is 18.6. The van der Waals surface area contributed by atoms with E-state index in [2.05, 4.69) is 14.9 Å². The standard InChI is InChI=1S/C26H25N3O4S2/c30-23-17-25(31)34-24(23)16-21-7-11-27-26(28-21)29-12-8-18(9-13-29)10-14-35(32,33)22-6-5-19-3-1-2-4-20(19)15-22/h1-7,11,15-16,18H,8-10,12-14,17H2/b24-16-. The fraction of sp³-hybridized carbons (Fsp3) is 0.308. The van der Waals surface area contributed by atoms with E-state index in [-0.39, 0.29) is 23.1 Å². The molecule has 0 atom stereocenters. The highest BCUT2D eigenvalue weighted by Crippen LogP contribution is 2.31. The van der Waals surface area contributed by atoms with Gasteiger partial charge in [0.25, 0.3) is 0 Å². The number of hydrogen-bond donors (Lipinski definition) is 0. The predicted molar refractivity (Wildman–Crippen MR) is 138 cm³/mol. The van der Waals surface area contributed by atoms with Crippen molar-refractivity contribution in [3.8, 4) is 0 Å². The van der Waals surface area contributed by atoms with Gasteiger partial charge >= 0.3 is 0 Å². The number of anilines is 1. The topological polar surface area (TPSA) is 97.3 Å². The van der Waals surface area contributed by atoms with E-state index in [4.69, 9.17) is 0 Å². The minimum Gasteiger partial charge on any atom is -0.341 e. The molecule has 2 aliphatic rings. The molecule has 2 saturated heterocycles. The molecule has 7 nitrogen and oxygen atoms in total. The summed E-state index contributed by atoms with van der Waals surface area (Å²) < 4.78 is 25.9. The number of fused-ring (bicyclic) bond motifs is 1. The zero-order chi connectivity index (χ0) is 24.4. The van der Waals surface area contributed by atoms with Crippen molar-refractivity contribution in [1.82, 2.24) is 9.97 Å². The van der Waals surface area contributed by atoms with Gasteiger partial charge in [-0.1, -0.05) is 30.3 Å². The van der Waals surface area contributed by atoms with Crippen LogP contribution >= 0.6 is 11.8 Å². The van der Waals surface area contributed by atoms with Gasteiger partial charge in [-0.05, 0) is 72.0 Å². The molecule has 35 heavy (non-hydrogen) atoms. The van der Waals surface area contributed by atoms with Crippen LogP contribution in [0.4, 0.5) is 5.95 Å². The first-order chi connectivity index (χ1) is 16.9. The lowest BCUT2D eigenvalue weighted by molar-refractivity contribution is -0.119. The van der Waals surface area contributed by atoms with Crippen LogP contribution in [-0.4, -0.2) is 48.1 Å².